The molecule has 12 heavy (non-hydrogen) atoms. The Bertz CT molecular complexity index is 232. The van der Waals surface area contributed by atoms with E-state index in [1.165, 1.54) is 0 Å². The van der Waals surface area contributed by atoms with Crippen molar-refractivity contribution in [2.75, 3.05) is 11.8 Å². The lowest BCUT2D eigenvalue weighted by Crippen LogP contribution is -2.29. The summed E-state index contributed by atoms with van der Waals surface area (Å²) >= 11 is 11.2. The van der Waals surface area contributed by atoms with Gasteiger partial charge in [-0.15, -0.1) is 23.2 Å². The highest BCUT2D eigenvalue weighted by molar-refractivity contribution is 6.21. The first-order valence-corrected chi connectivity index (χ1v) is 4.69. The predicted octanol–water partition coefficient (Wildman–Crippen LogP) is 2.35. The number of rotatable bonds is 3. The molecule has 0 fully saturated rings. The minimum atomic E-state index is -1.09. The maximum atomic E-state index is 9.84. The second-order valence-electron chi connectivity index (χ2n) is 2.66. The van der Waals surface area contributed by atoms with E-state index in [1.54, 1.807) is 0 Å². The van der Waals surface area contributed by atoms with Crippen LogP contribution in [0.1, 0.15) is 5.56 Å². The van der Waals surface area contributed by atoms with Crippen LogP contribution in [0.2, 0.25) is 0 Å². The van der Waals surface area contributed by atoms with E-state index in [1.807, 2.05) is 30.3 Å². The van der Waals surface area contributed by atoms with Gasteiger partial charge in [-0.25, -0.2) is 0 Å². The number of halogens is 2. The Morgan fingerprint density at radius 2 is 1.58 bits per heavy atom. The normalized spacial score (nSPS) is 11.6. The Hall–Kier alpha value is -0.240. The van der Waals surface area contributed by atoms with E-state index in [2.05, 4.69) is 0 Å². The molecule has 1 nitrogen and oxygen atoms in total. The van der Waals surface area contributed by atoms with E-state index in [4.69, 9.17) is 23.2 Å². The third kappa shape index (κ3) is 1.92. The van der Waals surface area contributed by atoms with E-state index in [0.717, 1.165) is 5.56 Å². The Morgan fingerprint density at radius 1 is 1.08 bits per heavy atom. The fraction of sp³-hybridized carbons (Fsp3) is 0.333. The molecule has 0 heterocycles. The quantitative estimate of drug-likeness (QED) is 0.751. The molecule has 0 aliphatic rings. The lowest BCUT2D eigenvalue weighted by Gasteiger charge is -2.22. The largest absolute Gasteiger partial charge is 0.383 e. The van der Waals surface area contributed by atoms with Gasteiger partial charge in [0.25, 0.3) is 0 Å². The summed E-state index contributed by atoms with van der Waals surface area (Å²) < 4.78 is 0. The van der Waals surface area contributed by atoms with Crippen molar-refractivity contribution in [3.8, 4) is 0 Å². The van der Waals surface area contributed by atoms with Gasteiger partial charge in [-0.1, -0.05) is 30.3 Å². The third-order valence-electron chi connectivity index (χ3n) is 1.75. The van der Waals surface area contributed by atoms with Gasteiger partial charge in [0, 0.05) is 0 Å². The molecule has 0 unspecified atom stereocenters. The van der Waals surface area contributed by atoms with E-state index < -0.39 is 5.60 Å². The SMILES string of the molecule is OC(CCl)(CCl)c1ccccc1. The lowest BCUT2D eigenvalue weighted by atomic mass is 9.98. The van der Waals surface area contributed by atoms with Crippen LogP contribution in [0.3, 0.4) is 0 Å². The van der Waals surface area contributed by atoms with Gasteiger partial charge in [0.1, 0.15) is 5.60 Å². The number of hydrogen-bond acceptors (Lipinski definition) is 1. The van der Waals surface area contributed by atoms with Gasteiger partial charge in [0.15, 0.2) is 0 Å². The molecule has 0 spiro atoms. The fourth-order valence-electron chi connectivity index (χ4n) is 0.938. The number of alkyl halides is 2. The molecular formula is C9H10Cl2O. The van der Waals surface area contributed by atoms with Crippen LogP contribution in [0.15, 0.2) is 30.3 Å². The highest BCUT2D eigenvalue weighted by Gasteiger charge is 2.26. The topological polar surface area (TPSA) is 20.2 Å². The number of aliphatic hydroxyl groups is 1. The Balaban J connectivity index is 2.95. The van der Waals surface area contributed by atoms with Crippen molar-refractivity contribution in [1.29, 1.82) is 0 Å². The first-order valence-electron chi connectivity index (χ1n) is 3.63. The number of hydrogen-bond donors (Lipinski definition) is 1. The molecule has 0 aromatic heterocycles. The Morgan fingerprint density at radius 3 is 2.00 bits per heavy atom. The molecule has 0 atom stereocenters. The molecule has 1 rings (SSSR count). The molecule has 0 aliphatic carbocycles. The van der Waals surface area contributed by atoms with Crippen LogP contribution in [0.25, 0.3) is 0 Å². The van der Waals surface area contributed by atoms with Crippen LogP contribution in [-0.2, 0) is 5.60 Å². The molecule has 0 saturated heterocycles. The smallest absolute Gasteiger partial charge is 0.117 e. The van der Waals surface area contributed by atoms with Crippen LogP contribution in [0, 0.1) is 0 Å². The van der Waals surface area contributed by atoms with Crippen molar-refractivity contribution >= 4 is 23.2 Å². The third-order valence-corrected chi connectivity index (χ3v) is 2.64. The minimum Gasteiger partial charge on any atom is -0.383 e. The molecular weight excluding hydrogens is 195 g/mol. The maximum Gasteiger partial charge on any atom is 0.117 e. The average Bonchev–Trinajstić information content (AvgIpc) is 2.18. The van der Waals surface area contributed by atoms with E-state index >= 15 is 0 Å². The summed E-state index contributed by atoms with van der Waals surface area (Å²) in [5, 5.41) is 9.84. The Labute approximate surface area is 81.9 Å². The van der Waals surface area contributed by atoms with Gasteiger partial charge >= 0.3 is 0 Å². The molecule has 1 aromatic carbocycles. The summed E-state index contributed by atoms with van der Waals surface area (Å²) in [6, 6.07) is 9.20. The van der Waals surface area contributed by atoms with Gasteiger partial charge in [-0.2, -0.15) is 0 Å². The van der Waals surface area contributed by atoms with Gasteiger partial charge < -0.3 is 5.11 Å². The summed E-state index contributed by atoms with van der Waals surface area (Å²) in [6.45, 7) is 0. The Kier molecular flexibility index (Phi) is 3.39. The monoisotopic (exact) mass is 204 g/mol. The van der Waals surface area contributed by atoms with Crippen molar-refractivity contribution in [2.24, 2.45) is 0 Å². The van der Waals surface area contributed by atoms with Crippen molar-refractivity contribution < 1.29 is 5.11 Å². The van der Waals surface area contributed by atoms with Gasteiger partial charge in [0.2, 0.25) is 0 Å². The van der Waals surface area contributed by atoms with Crippen LogP contribution >= 0.6 is 23.2 Å². The lowest BCUT2D eigenvalue weighted by molar-refractivity contribution is 0.0862. The molecule has 3 heteroatoms. The average molecular weight is 205 g/mol. The number of benzene rings is 1. The zero-order valence-electron chi connectivity index (χ0n) is 6.50. The summed E-state index contributed by atoms with van der Waals surface area (Å²) in [5.41, 5.74) is -0.334. The van der Waals surface area contributed by atoms with Crippen LogP contribution in [0.5, 0.6) is 0 Å². The van der Waals surface area contributed by atoms with E-state index in [-0.39, 0.29) is 11.8 Å². The van der Waals surface area contributed by atoms with Crippen molar-refractivity contribution in [2.45, 2.75) is 5.60 Å². The maximum absolute atomic E-state index is 9.84. The molecule has 66 valence electrons. The standard InChI is InChI=1S/C9H10Cl2O/c10-6-9(12,7-11)8-4-2-1-3-5-8/h1-5,12H,6-7H2. The molecule has 0 bridgehead atoms. The molecule has 0 radical (unpaired) electrons. The van der Waals surface area contributed by atoms with Crippen LogP contribution in [0.4, 0.5) is 0 Å². The summed E-state index contributed by atoms with van der Waals surface area (Å²) in [7, 11) is 0. The first-order chi connectivity index (χ1) is 5.73. The molecule has 1 N–H and O–H groups in total. The molecule has 0 aliphatic heterocycles. The van der Waals surface area contributed by atoms with E-state index in [0.29, 0.717) is 0 Å². The zero-order chi connectivity index (χ0) is 9.03. The van der Waals surface area contributed by atoms with Crippen molar-refractivity contribution in [1.82, 2.24) is 0 Å². The molecule has 0 saturated carbocycles. The second-order valence-corrected chi connectivity index (χ2v) is 3.20. The summed E-state index contributed by atoms with van der Waals surface area (Å²) in [4.78, 5) is 0. The molecule has 1 aromatic rings. The highest BCUT2D eigenvalue weighted by atomic mass is 35.5. The van der Waals surface area contributed by atoms with Crippen molar-refractivity contribution in [3.63, 3.8) is 0 Å². The fourth-order valence-corrected chi connectivity index (χ4v) is 1.53. The van der Waals surface area contributed by atoms with Crippen LogP contribution in [-0.4, -0.2) is 16.9 Å². The predicted molar refractivity (Wildman–Crippen MR) is 51.8 cm³/mol. The summed E-state index contributed by atoms with van der Waals surface area (Å²) in [5.74, 6) is 0.223. The zero-order valence-corrected chi connectivity index (χ0v) is 8.02. The molecule has 0 amide bonds. The van der Waals surface area contributed by atoms with Gasteiger partial charge in [0.05, 0.1) is 11.8 Å². The first kappa shape index (κ1) is 9.85. The second kappa shape index (κ2) is 4.13. The minimum absolute atomic E-state index is 0.112. The highest BCUT2D eigenvalue weighted by Crippen LogP contribution is 2.23. The van der Waals surface area contributed by atoms with Gasteiger partial charge in [-0.05, 0) is 5.56 Å². The summed E-state index contributed by atoms with van der Waals surface area (Å²) in [6.07, 6.45) is 0. The van der Waals surface area contributed by atoms with E-state index in [9.17, 15) is 5.11 Å². The van der Waals surface area contributed by atoms with Gasteiger partial charge in [-0.3, -0.25) is 0 Å². The van der Waals surface area contributed by atoms with Crippen molar-refractivity contribution in [3.05, 3.63) is 35.9 Å². The van der Waals surface area contributed by atoms with Crippen LogP contribution < -0.4 is 0 Å².